The van der Waals surface area contributed by atoms with Gasteiger partial charge in [-0.25, -0.2) is 0 Å². The Bertz CT molecular complexity index is 860. The fourth-order valence-corrected chi connectivity index (χ4v) is 3.61. The van der Waals surface area contributed by atoms with Crippen LogP contribution in [0.15, 0.2) is 78.4 Å². The van der Waals surface area contributed by atoms with Crippen LogP contribution in [0.4, 0.5) is 0 Å². The van der Waals surface area contributed by atoms with Crippen LogP contribution in [0, 0.1) is 0 Å². The van der Waals surface area contributed by atoms with Crippen molar-refractivity contribution in [1.29, 1.82) is 0 Å². The Morgan fingerprint density at radius 1 is 0.938 bits per heavy atom. The number of ether oxygens (including phenoxy) is 5. The van der Waals surface area contributed by atoms with Gasteiger partial charge in [-0.3, -0.25) is 0 Å². The molecule has 0 amide bonds. The molecule has 2 aromatic carbocycles. The molecule has 0 radical (unpaired) electrons. The van der Waals surface area contributed by atoms with Gasteiger partial charge in [0, 0.05) is 12.0 Å². The fraction of sp³-hybridized carbons (Fsp3) is 0.417. The lowest BCUT2D eigenvalue weighted by Crippen LogP contribution is -2.61. The van der Waals surface area contributed by atoms with E-state index in [2.05, 4.69) is 16.6 Å². The molecule has 8 nitrogen and oxygen atoms in total. The molecule has 170 valence electrons. The van der Waals surface area contributed by atoms with E-state index in [1.807, 2.05) is 60.7 Å². The SMILES string of the molecule is C=CCO[C@H]1[C@H](OCc2ccccc2)[C@@H](OCc2ccccc2)[C@@H](OC)O[C@@H]1CN=[N+]=[N-]. The molecule has 1 fully saturated rings. The summed E-state index contributed by atoms with van der Waals surface area (Å²) >= 11 is 0. The summed E-state index contributed by atoms with van der Waals surface area (Å²) in [6.07, 6.45) is -1.27. The number of hydrogen-bond donors (Lipinski definition) is 0. The van der Waals surface area contributed by atoms with Crippen LogP contribution in [-0.4, -0.2) is 51.0 Å². The summed E-state index contributed by atoms with van der Waals surface area (Å²) in [6.45, 7) is 4.81. The topological polar surface area (TPSA) is 94.9 Å². The van der Waals surface area contributed by atoms with E-state index in [4.69, 9.17) is 29.2 Å². The van der Waals surface area contributed by atoms with Crippen LogP contribution in [0.5, 0.6) is 0 Å². The number of methoxy groups -OCH3 is 1. The third kappa shape index (κ3) is 6.64. The summed E-state index contributed by atoms with van der Waals surface area (Å²) in [5, 5.41) is 3.69. The number of azide groups is 1. The van der Waals surface area contributed by atoms with Gasteiger partial charge in [0.05, 0.1) is 32.5 Å². The second kappa shape index (κ2) is 13.0. The molecule has 1 aliphatic heterocycles. The van der Waals surface area contributed by atoms with Crippen molar-refractivity contribution in [1.82, 2.24) is 0 Å². The van der Waals surface area contributed by atoms with Gasteiger partial charge in [-0.1, -0.05) is 71.9 Å². The Balaban J connectivity index is 1.85. The van der Waals surface area contributed by atoms with Crippen molar-refractivity contribution in [2.75, 3.05) is 20.3 Å². The maximum absolute atomic E-state index is 8.82. The number of benzene rings is 2. The predicted octanol–water partition coefficient (Wildman–Crippen LogP) is 4.41. The van der Waals surface area contributed by atoms with Gasteiger partial charge in [-0.15, -0.1) is 6.58 Å². The van der Waals surface area contributed by atoms with Gasteiger partial charge in [0.25, 0.3) is 0 Å². The highest BCUT2D eigenvalue weighted by molar-refractivity contribution is 5.14. The van der Waals surface area contributed by atoms with Gasteiger partial charge in [-0.05, 0) is 16.7 Å². The van der Waals surface area contributed by atoms with Crippen LogP contribution in [0.2, 0.25) is 0 Å². The van der Waals surface area contributed by atoms with E-state index in [1.54, 1.807) is 13.2 Å². The summed E-state index contributed by atoms with van der Waals surface area (Å²) in [5.41, 5.74) is 10.9. The molecule has 0 N–H and O–H groups in total. The van der Waals surface area contributed by atoms with E-state index < -0.39 is 30.7 Å². The zero-order valence-electron chi connectivity index (χ0n) is 18.2. The molecule has 1 heterocycles. The second-order valence-corrected chi connectivity index (χ2v) is 7.30. The highest BCUT2D eigenvalue weighted by Crippen LogP contribution is 2.30. The average Bonchev–Trinajstić information content (AvgIpc) is 2.85. The summed E-state index contributed by atoms with van der Waals surface area (Å²) in [7, 11) is 1.55. The van der Waals surface area contributed by atoms with Crippen molar-refractivity contribution in [2.45, 2.75) is 43.9 Å². The average molecular weight is 440 g/mol. The Morgan fingerprint density at radius 3 is 2.06 bits per heavy atom. The third-order valence-electron chi connectivity index (χ3n) is 5.13. The maximum atomic E-state index is 8.82. The molecule has 1 aliphatic rings. The van der Waals surface area contributed by atoms with Crippen molar-refractivity contribution in [3.8, 4) is 0 Å². The van der Waals surface area contributed by atoms with Crippen LogP contribution in [-0.2, 0) is 36.9 Å². The van der Waals surface area contributed by atoms with Crippen LogP contribution < -0.4 is 0 Å². The molecule has 2 aromatic rings. The van der Waals surface area contributed by atoms with Gasteiger partial charge in [0.2, 0.25) is 0 Å². The van der Waals surface area contributed by atoms with Crippen LogP contribution in [0.3, 0.4) is 0 Å². The summed E-state index contributed by atoms with van der Waals surface area (Å²) < 4.78 is 30.3. The van der Waals surface area contributed by atoms with Crippen molar-refractivity contribution < 1.29 is 23.7 Å². The summed E-state index contributed by atoms with van der Waals surface area (Å²) in [4.78, 5) is 2.87. The normalized spacial score (nSPS) is 25.1. The van der Waals surface area contributed by atoms with Crippen LogP contribution >= 0.6 is 0 Å². The minimum atomic E-state index is -0.720. The van der Waals surface area contributed by atoms with Gasteiger partial charge < -0.3 is 23.7 Å². The van der Waals surface area contributed by atoms with Crippen molar-refractivity contribution >= 4 is 0 Å². The zero-order valence-corrected chi connectivity index (χ0v) is 18.2. The van der Waals surface area contributed by atoms with Gasteiger partial charge in [0.15, 0.2) is 6.29 Å². The molecule has 0 spiro atoms. The van der Waals surface area contributed by atoms with E-state index in [0.29, 0.717) is 13.2 Å². The zero-order chi connectivity index (χ0) is 22.6. The predicted molar refractivity (Wildman–Crippen MR) is 120 cm³/mol. The number of rotatable bonds is 12. The monoisotopic (exact) mass is 439 g/mol. The third-order valence-corrected chi connectivity index (χ3v) is 5.13. The molecule has 3 rings (SSSR count). The lowest BCUT2D eigenvalue weighted by molar-refractivity contribution is -0.313. The maximum Gasteiger partial charge on any atom is 0.186 e. The molecule has 1 saturated heterocycles. The molecule has 32 heavy (non-hydrogen) atoms. The highest BCUT2D eigenvalue weighted by Gasteiger charge is 2.48. The van der Waals surface area contributed by atoms with Crippen molar-refractivity contribution in [3.05, 3.63) is 94.9 Å². The number of hydrogen-bond acceptors (Lipinski definition) is 6. The highest BCUT2D eigenvalue weighted by atomic mass is 16.7. The molecule has 8 heteroatoms. The summed E-state index contributed by atoms with van der Waals surface area (Å²) in [5.74, 6) is 0. The molecule has 0 saturated carbocycles. The van der Waals surface area contributed by atoms with Gasteiger partial charge >= 0.3 is 0 Å². The molecular weight excluding hydrogens is 410 g/mol. The standard InChI is InChI=1S/C24H29N3O5/c1-3-14-29-21-20(15-26-27-25)32-24(28-2)23(31-17-19-12-8-5-9-13-19)22(21)30-16-18-10-6-4-7-11-18/h3-13,20-24H,1,14-17H2,2H3/t20-,21-,22+,23-,24+/m1/s1. The lowest BCUT2D eigenvalue weighted by atomic mass is 9.97. The van der Waals surface area contributed by atoms with E-state index in [0.717, 1.165) is 11.1 Å². The smallest absolute Gasteiger partial charge is 0.186 e. The quantitative estimate of drug-likeness (QED) is 0.211. The van der Waals surface area contributed by atoms with E-state index in [1.165, 1.54) is 0 Å². The first kappa shape index (κ1) is 23.9. The number of nitrogens with zero attached hydrogens (tertiary/aromatic N) is 3. The molecule has 0 aliphatic carbocycles. The van der Waals surface area contributed by atoms with Crippen molar-refractivity contribution in [3.63, 3.8) is 0 Å². The fourth-order valence-electron chi connectivity index (χ4n) is 3.61. The molecular formula is C24H29N3O5. The first-order valence-electron chi connectivity index (χ1n) is 10.5. The summed E-state index contributed by atoms with van der Waals surface area (Å²) in [6, 6.07) is 19.7. The molecule has 5 atom stereocenters. The van der Waals surface area contributed by atoms with E-state index in [9.17, 15) is 0 Å². The first-order valence-corrected chi connectivity index (χ1v) is 10.5. The first-order chi connectivity index (χ1) is 15.8. The van der Waals surface area contributed by atoms with E-state index >= 15 is 0 Å². The lowest BCUT2D eigenvalue weighted by Gasteiger charge is -2.45. The minimum absolute atomic E-state index is 0.0781. The van der Waals surface area contributed by atoms with Crippen molar-refractivity contribution in [2.24, 2.45) is 5.11 Å². The Kier molecular flexibility index (Phi) is 9.71. The molecule has 0 aromatic heterocycles. The molecule has 0 unspecified atom stereocenters. The van der Waals surface area contributed by atoms with Crippen LogP contribution in [0.1, 0.15) is 11.1 Å². The Hall–Kier alpha value is -2.71. The largest absolute Gasteiger partial charge is 0.369 e. The van der Waals surface area contributed by atoms with Gasteiger partial charge in [0.1, 0.15) is 18.3 Å². The second-order valence-electron chi connectivity index (χ2n) is 7.30. The Morgan fingerprint density at radius 2 is 1.53 bits per heavy atom. The Labute approximate surface area is 188 Å². The van der Waals surface area contributed by atoms with Gasteiger partial charge in [-0.2, -0.15) is 0 Å². The minimum Gasteiger partial charge on any atom is -0.369 e. The molecule has 0 bridgehead atoms. The van der Waals surface area contributed by atoms with E-state index in [-0.39, 0.29) is 13.2 Å². The van der Waals surface area contributed by atoms with Crippen LogP contribution in [0.25, 0.3) is 10.4 Å².